The number of rotatable bonds is 5. The van der Waals surface area contributed by atoms with Crippen molar-refractivity contribution < 1.29 is 23.5 Å². The number of methoxy groups -OCH3 is 1. The van der Waals surface area contributed by atoms with Crippen molar-refractivity contribution in [1.29, 1.82) is 0 Å². The van der Waals surface area contributed by atoms with Gasteiger partial charge in [0, 0.05) is 37.9 Å². The quantitative estimate of drug-likeness (QED) is 0.528. The van der Waals surface area contributed by atoms with E-state index >= 15 is 0 Å². The summed E-state index contributed by atoms with van der Waals surface area (Å²) in [6.07, 6.45) is 3.23. The van der Waals surface area contributed by atoms with Crippen molar-refractivity contribution in [3.63, 3.8) is 0 Å². The molecule has 0 radical (unpaired) electrons. The number of amides is 2. The molecule has 0 saturated carbocycles. The molecular weight excluding hydrogens is 442 g/mol. The average molecular weight is 463 g/mol. The van der Waals surface area contributed by atoms with E-state index in [-0.39, 0.29) is 24.0 Å². The fourth-order valence-corrected chi connectivity index (χ4v) is 3.96. The van der Waals surface area contributed by atoms with E-state index in [1.165, 1.54) is 18.1 Å². The van der Waals surface area contributed by atoms with Crippen molar-refractivity contribution in [2.24, 2.45) is 0 Å². The van der Waals surface area contributed by atoms with Gasteiger partial charge in [0.2, 0.25) is 0 Å². The van der Waals surface area contributed by atoms with Gasteiger partial charge < -0.3 is 24.7 Å². The summed E-state index contributed by atoms with van der Waals surface area (Å²) in [4.78, 5) is 45.0. The van der Waals surface area contributed by atoms with E-state index in [0.29, 0.717) is 16.8 Å². The molecule has 0 unspecified atom stereocenters. The number of benzene rings is 1. The summed E-state index contributed by atoms with van der Waals surface area (Å²) in [7, 11) is 1.27. The smallest absolute Gasteiger partial charge is 0.337 e. The van der Waals surface area contributed by atoms with Crippen LogP contribution in [0.2, 0.25) is 0 Å². The first-order valence-electron chi connectivity index (χ1n) is 10.6. The lowest BCUT2D eigenvalue weighted by Crippen LogP contribution is -2.43. The minimum absolute atomic E-state index is 0.112. The number of pyridine rings is 1. The minimum Gasteiger partial charge on any atom is -0.465 e. The number of nitrogens with zero attached hydrogens (tertiary/aromatic N) is 5. The molecule has 1 fully saturated rings. The molecule has 0 atom stereocenters. The number of anilines is 3. The van der Waals surface area contributed by atoms with Gasteiger partial charge >= 0.3 is 23.8 Å². The number of fused-ring (bicyclic) bond motifs is 1. The molecular formula is C22H21N7O5. The van der Waals surface area contributed by atoms with Crippen LogP contribution in [0.3, 0.4) is 0 Å². The number of carbonyl (C=O) groups is 3. The summed E-state index contributed by atoms with van der Waals surface area (Å²) in [5.74, 6) is -1.85. The lowest BCUT2D eigenvalue weighted by Gasteiger charge is -2.30. The highest BCUT2D eigenvalue weighted by molar-refractivity contribution is 6.10. The van der Waals surface area contributed by atoms with Crippen LogP contribution in [0.15, 0.2) is 41.1 Å². The predicted molar refractivity (Wildman–Crippen MR) is 120 cm³/mol. The van der Waals surface area contributed by atoms with Gasteiger partial charge in [0.1, 0.15) is 0 Å². The molecule has 0 aliphatic carbocycles. The first-order valence-corrected chi connectivity index (χ1v) is 10.6. The molecule has 2 amide bonds. The molecule has 2 N–H and O–H groups in total. The Balaban J connectivity index is 1.32. The maximum Gasteiger partial charge on any atom is 0.337 e. The van der Waals surface area contributed by atoms with Crippen LogP contribution in [-0.2, 0) is 11.3 Å². The topological polar surface area (TPSA) is 143 Å². The molecule has 174 valence electrons. The van der Waals surface area contributed by atoms with Gasteiger partial charge in [-0.05, 0) is 23.8 Å². The minimum atomic E-state index is -0.611. The van der Waals surface area contributed by atoms with Crippen molar-refractivity contribution in [2.45, 2.75) is 6.54 Å². The Bertz CT molecular complexity index is 1270. The van der Waals surface area contributed by atoms with E-state index in [9.17, 15) is 14.4 Å². The predicted octanol–water partition coefficient (Wildman–Crippen LogP) is 1.07. The molecule has 12 heteroatoms. The molecule has 0 spiro atoms. The van der Waals surface area contributed by atoms with Gasteiger partial charge in [-0.2, -0.15) is 0 Å². The highest BCUT2D eigenvalue weighted by Crippen LogP contribution is 2.29. The molecule has 2 aromatic heterocycles. The Labute approximate surface area is 193 Å². The molecule has 3 aromatic rings. The summed E-state index contributed by atoms with van der Waals surface area (Å²) in [6, 6.07) is 6.44. The number of piperazine rings is 1. The van der Waals surface area contributed by atoms with Crippen LogP contribution >= 0.6 is 0 Å². The summed E-state index contributed by atoms with van der Waals surface area (Å²) in [6.45, 7) is 3.46. The third kappa shape index (κ3) is 3.94. The Hall–Kier alpha value is -4.32. The average Bonchev–Trinajstić information content (AvgIpc) is 3.49. The van der Waals surface area contributed by atoms with E-state index in [0.717, 1.165) is 31.9 Å². The Kier molecular flexibility index (Phi) is 5.64. The number of aromatic nitrogens is 3. The number of ether oxygens (including phenoxy) is 1. The molecule has 1 aromatic carbocycles. The number of esters is 1. The molecule has 2 aliphatic heterocycles. The summed E-state index contributed by atoms with van der Waals surface area (Å²) in [5, 5.41) is 13.8. The Morgan fingerprint density at radius 2 is 2.00 bits per heavy atom. The molecule has 4 heterocycles. The zero-order chi connectivity index (χ0) is 23.7. The molecule has 5 rings (SSSR count). The van der Waals surface area contributed by atoms with Crippen molar-refractivity contribution in [2.75, 3.05) is 48.4 Å². The second-order valence-electron chi connectivity index (χ2n) is 7.73. The van der Waals surface area contributed by atoms with E-state index < -0.39 is 17.8 Å². The number of hydrogen-bond donors (Lipinski definition) is 2. The van der Waals surface area contributed by atoms with E-state index in [1.54, 1.807) is 24.5 Å². The molecule has 1 saturated heterocycles. The van der Waals surface area contributed by atoms with Crippen LogP contribution in [0.4, 0.5) is 17.4 Å². The highest BCUT2D eigenvalue weighted by Gasteiger charge is 2.33. The van der Waals surface area contributed by atoms with Crippen LogP contribution in [0.5, 0.6) is 0 Å². The first kappa shape index (κ1) is 21.5. The van der Waals surface area contributed by atoms with Crippen molar-refractivity contribution in [1.82, 2.24) is 20.5 Å². The molecule has 2 aliphatic rings. The maximum atomic E-state index is 12.9. The van der Waals surface area contributed by atoms with Crippen LogP contribution in [-0.4, -0.2) is 66.3 Å². The lowest BCUT2D eigenvalue weighted by atomic mass is 10.1. The Morgan fingerprint density at radius 1 is 1.18 bits per heavy atom. The zero-order valence-corrected chi connectivity index (χ0v) is 18.3. The molecule has 34 heavy (non-hydrogen) atoms. The maximum absolute atomic E-state index is 12.9. The normalized spacial score (nSPS) is 15.3. The lowest BCUT2D eigenvalue weighted by molar-refractivity contribution is 0.0600. The number of carbonyl (C=O) groups excluding carboxylic acids is 3. The van der Waals surface area contributed by atoms with Crippen LogP contribution in [0.1, 0.15) is 37.0 Å². The van der Waals surface area contributed by atoms with Crippen LogP contribution in [0.25, 0.3) is 0 Å². The van der Waals surface area contributed by atoms with Gasteiger partial charge in [0.05, 0.1) is 36.8 Å². The number of hydrogen-bond acceptors (Lipinski definition) is 10. The highest BCUT2D eigenvalue weighted by atomic mass is 16.5. The fourth-order valence-electron chi connectivity index (χ4n) is 3.96. The molecule has 12 nitrogen and oxygen atoms in total. The van der Waals surface area contributed by atoms with Gasteiger partial charge in [0.25, 0.3) is 5.91 Å². The molecule has 0 bridgehead atoms. The van der Waals surface area contributed by atoms with Crippen molar-refractivity contribution >= 4 is 35.2 Å². The summed E-state index contributed by atoms with van der Waals surface area (Å²) >= 11 is 0. The first-order chi connectivity index (χ1) is 16.5. The van der Waals surface area contributed by atoms with Crippen LogP contribution in [0, 0.1) is 0 Å². The number of nitrogens with one attached hydrogen (secondary N) is 2. The standard InChI is InChI=1S/C22H21N7O5/c1-33-21(32)13-2-3-14-12-29(20(31)15(14)10-13)22-27-26-19(34-22)18(30)25-16-11-24-5-4-17(16)28-8-6-23-7-9-28/h2-5,10-11,23H,6-9,12H2,1H3,(H,25,30). The second kappa shape index (κ2) is 8.90. The van der Waals surface area contributed by atoms with Gasteiger partial charge in [0.15, 0.2) is 0 Å². The van der Waals surface area contributed by atoms with Crippen molar-refractivity contribution in [3.05, 3.63) is 59.2 Å². The summed E-state index contributed by atoms with van der Waals surface area (Å²) < 4.78 is 10.2. The second-order valence-corrected chi connectivity index (χ2v) is 7.73. The van der Waals surface area contributed by atoms with Gasteiger partial charge in [-0.1, -0.05) is 11.2 Å². The largest absolute Gasteiger partial charge is 0.465 e. The van der Waals surface area contributed by atoms with Crippen molar-refractivity contribution in [3.8, 4) is 0 Å². The third-order valence-electron chi connectivity index (χ3n) is 5.68. The zero-order valence-electron chi connectivity index (χ0n) is 18.3. The third-order valence-corrected chi connectivity index (χ3v) is 5.68. The SMILES string of the molecule is COC(=O)c1ccc2c(c1)C(=O)N(c1nnc(C(=O)Nc3cnccc3N3CCNCC3)o1)C2. The van der Waals surface area contributed by atoms with Gasteiger partial charge in [-0.25, -0.2) is 4.79 Å². The summed E-state index contributed by atoms with van der Waals surface area (Å²) in [5.41, 5.74) is 2.66. The van der Waals surface area contributed by atoms with Gasteiger partial charge in [-0.15, -0.1) is 5.10 Å². The van der Waals surface area contributed by atoms with E-state index in [1.807, 2.05) is 6.07 Å². The van der Waals surface area contributed by atoms with Gasteiger partial charge in [-0.3, -0.25) is 19.5 Å². The Morgan fingerprint density at radius 3 is 2.79 bits per heavy atom. The monoisotopic (exact) mass is 463 g/mol. The van der Waals surface area contributed by atoms with E-state index in [2.05, 4.69) is 30.7 Å². The van der Waals surface area contributed by atoms with E-state index in [4.69, 9.17) is 9.15 Å². The van der Waals surface area contributed by atoms with Crippen LogP contribution < -0.4 is 20.4 Å². The fraction of sp³-hybridized carbons (Fsp3) is 0.273.